The van der Waals surface area contributed by atoms with E-state index in [0.717, 1.165) is 42.8 Å². The van der Waals surface area contributed by atoms with Gasteiger partial charge in [-0.25, -0.2) is 0 Å². The van der Waals surface area contributed by atoms with Crippen molar-refractivity contribution in [1.29, 1.82) is 0 Å². The first-order valence-corrected chi connectivity index (χ1v) is 6.96. The molecule has 19 heavy (non-hydrogen) atoms. The standard InChI is InChI=1S/C15H22N2O2/c1-3-4-5-8-17-13-9-12(11(2)16)6-7-14(13)19-10-15(17)18/h6-7,9,11H,3-5,8,10,16H2,1-2H3. The number of carbonyl (C=O) groups excluding carboxylic acids is 1. The molecule has 1 aromatic carbocycles. The Bertz CT molecular complexity index is 457. The molecule has 4 nitrogen and oxygen atoms in total. The Morgan fingerprint density at radius 3 is 2.89 bits per heavy atom. The smallest absolute Gasteiger partial charge is 0.265 e. The van der Waals surface area contributed by atoms with Crippen molar-refractivity contribution >= 4 is 11.6 Å². The van der Waals surface area contributed by atoms with Crippen molar-refractivity contribution in [3.8, 4) is 5.75 Å². The lowest BCUT2D eigenvalue weighted by Crippen LogP contribution is -2.39. The van der Waals surface area contributed by atoms with Crippen LogP contribution in [0.1, 0.15) is 44.7 Å². The van der Waals surface area contributed by atoms with E-state index >= 15 is 0 Å². The third-order valence-electron chi connectivity index (χ3n) is 3.44. The maximum atomic E-state index is 12.0. The van der Waals surface area contributed by atoms with Crippen molar-refractivity contribution in [2.45, 2.75) is 39.2 Å². The lowest BCUT2D eigenvalue weighted by atomic mass is 10.1. The maximum Gasteiger partial charge on any atom is 0.265 e. The van der Waals surface area contributed by atoms with Crippen molar-refractivity contribution in [3.05, 3.63) is 23.8 Å². The quantitative estimate of drug-likeness (QED) is 0.830. The van der Waals surface area contributed by atoms with Crippen molar-refractivity contribution < 1.29 is 9.53 Å². The third kappa shape index (κ3) is 3.07. The lowest BCUT2D eigenvalue weighted by Gasteiger charge is -2.30. The van der Waals surface area contributed by atoms with Crippen LogP contribution in [-0.4, -0.2) is 19.1 Å². The molecule has 2 N–H and O–H groups in total. The number of benzene rings is 1. The van der Waals surface area contributed by atoms with Gasteiger partial charge in [-0.2, -0.15) is 0 Å². The van der Waals surface area contributed by atoms with Gasteiger partial charge >= 0.3 is 0 Å². The van der Waals surface area contributed by atoms with Crippen LogP contribution in [0.5, 0.6) is 5.75 Å². The Labute approximate surface area is 114 Å². The van der Waals surface area contributed by atoms with Crippen LogP contribution in [0.3, 0.4) is 0 Å². The fraction of sp³-hybridized carbons (Fsp3) is 0.533. The molecule has 1 aromatic rings. The van der Waals surface area contributed by atoms with E-state index in [-0.39, 0.29) is 18.6 Å². The summed E-state index contributed by atoms with van der Waals surface area (Å²) in [7, 11) is 0. The van der Waals surface area contributed by atoms with Gasteiger partial charge in [0.1, 0.15) is 5.75 Å². The molecule has 4 heteroatoms. The lowest BCUT2D eigenvalue weighted by molar-refractivity contribution is -0.121. The second-order valence-corrected chi connectivity index (χ2v) is 5.06. The van der Waals surface area contributed by atoms with E-state index in [1.54, 1.807) is 0 Å². The first-order chi connectivity index (χ1) is 9.13. The summed E-state index contributed by atoms with van der Waals surface area (Å²) < 4.78 is 5.47. The monoisotopic (exact) mass is 262 g/mol. The molecule has 1 unspecified atom stereocenters. The fourth-order valence-electron chi connectivity index (χ4n) is 2.27. The number of hydrogen-bond acceptors (Lipinski definition) is 3. The zero-order chi connectivity index (χ0) is 13.8. The van der Waals surface area contributed by atoms with Gasteiger partial charge in [-0.1, -0.05) is 25.8 Å². The second-order valence-electron chi connectivity index (χ2n) is 5.06. The number of hydrogen-bond donors (Lipinski definition) is 1. The van der Waals surface area contributed by atoms with Gasteiger partial charge in [0.15, 0.2) is 6.61 Å². The summed E-state index contributed by atoms with van der Waals surface area (Å²) in [4.78, 5) is 13.8. The first-order valence-electron chi connectivity index (χ1n) is 6.96. The van der Waals surface area contributed by atoms with Crippen LogP contribution < -0.4 is 15.4 Å². The van der Waals surface area contributed by atoms with Gasteiger partial charge in [-0.3, -0.25) is 4.79 Å². The molecule has 1 heterocycles. The van der Waals surface area contributed by atoms with Crippen LogP contribution in [0.15, 0.2) is 18.2 Å². The summed E-state index contributed by atoms with van der Waals surface area (Å²) >= 11 is 0. The van der Waals surface area contributed by atoms with Crippen molar-refractivity contribution in [1.82, 2.24) is 0 Å². The number of amides is 1. The highest BCUT2D eigenvalue weighted by molar-refractivity contribution is 5.97. The van der Waals surface area contributed by atoms with Crippen LogP contribution in [-0.2, 0) is 4.79 Å². The highest BCUT2D eigenvalue weighted by Gasteiger charge is 2.25. The van der Waals surface area contributed by atoms with E-state index < -0.39 is 0 Å². The normalized spacial score (nSPS) is 15.9. The average Bonchev–Trinajstić information content (AvgIpc) is 2.40. The van der Waals surface area contributed by atoms with Gasteiger partial charge in [0.2, 0.25) is 0 Å². The molecule has 1 amide bonds. The maximum absolute atomic E-state index is 12.0. The molecule has 0 saturated carbocycles. The minimum Gasteiger partial charge on any atom is -0.482 e. The van der Waals surface area contributed by atoms with E-state index in [0.29, 0.717) is 0 Å². The predicted molar refractivity (Wildman–Crippen MR) is 76.4 cm³/mol. The van der Waals surface area contributed by atoms with Gasteiger partial charge in [0, 0.05) is 12.6 Å². The van der Waals surface area contributed by atoms with Gasteiger partial charge in [0.25, 0.3) is 5.91 Å². The molecule has 0 radical (unpaired) electrons. The second kappa shape index (κ2) is 6.06. The highest BCUT2D eigenvalue weighted by Crippen LogP contribution is 2.34. The van der Waals surface area contributed by atoms with Crippen molar-refractivity contribution in [3.63, 3.8) is 0 Å². The number of carbonyl (C=O) groups is 1. The molecule has 0 spiro atoms. The molecule has 104 valence electrons. The first kappa shape index (κ1) is 13.9. The number of ether oxygens (including phenoxy) is 1. The number of unbranched alkanes of at least 4 members (excludes halogenated alkanes) is 2. The third-order valence-corrected chi connectivity index (χ3v) is 3.44. The Kier molecular flexibility index (Phi) is 4.43. The number of fused-ring (bicyclic) bond motifs is 1. The topological polar surface area (TPSA) is 55.6 Å². The van der Waals surface area contributed by atoms with E-state index in [2.05, 4.69) is 6.92 Å². The molecule has 0 bridgehead atoms. The summed E-state index contributed by atoms with van der Waals surface area (Å²) in [5.74, 6) is 0.811. The van der Waals surface area contributed by atoms with Crippen molar-refractivity contribution in [2.75, 3.05) is 18.1 Å². The summed E-state index contributed by atoms with van der Waals surface area (Å²) in [6, 6.07) is 5.81. The average molecular weight is 262 g/mol. The van der Waals surface area contributed by atoms with E-state index in [1.165, 1.54) is 0 Å². The van der Waals surface area contributed by atoms with Crippen LogP contribution in [0.4, 0.5) is 5.69 Å². The zero-order valence-electron chi connectivity index (χ0n) is 11.7. The van der Waals surface area contributed by atoms with E-state index in [4.69, 9.17) is 10.5 Å². The largest absolute Gasteiger partial charge is 0.482 e. The molecule has 0 saturated heterocycles. The SMILES string of the molecule is CCCCCN1C(=O)COc2ccc(C(C)N)cc21. The molecular formula is C15H22N2O2. The molecule has 1 atom stereocenters. The minimum absolute atomic E-state index is 0.0328. The van der Waals surface area contributed by atoms with Gasteiger partial charge in [-0.05, 0) is 31.0 Å². The molecule has 0 fully saturated rings. The number of anilines is 1. The van der Waals surface area contributed by atoms with Crippen LogP contribution >= 0.6 is 0 Å². The van der Waals surface area contributed by atoms with Gasteiger partial charge in [0.05, 0.1) is 5.69 Å². The number of nitrogens with zero attached hydrogens (tertiary/aromatic N) is 1. The van der Waals surface area contributed by atoms with E-state index in [9.17, 15) is 4.79 Å². The van der Waals surface area contributed by atoms with Gasteiger partial charge in [-0.15, -0.1) is 0 Å². The molecule has 1 aliphatic rings. The molecule has 2 rings (SSSR count). The fourth-order valence-corrected chi connectivity index (χ4v) is 2.27. The molecule has 0 aliphatic carbocycles. The Morgan fingerprint density at radius 2 is 2.21 bits per heavy atom. The number of rotatable bonds is 5. The minimum atomic E-state index is -0.0418. The van der Waals surface area contributed by atoms with Crippen LogP contribution in [0.25, 0.3) is 0 Å². The summed E-state index contributed by atoms with van der Waals surface area (Å²) in [5, 5.41) is 0. The Balaban J connectivity index is 2.25. The summed E-state index contributed by atoms with van der Waals surface area (Å²) in [6.45, 7) is 4.99. The van der Waals surface area contributed by atoms with Crippen LogP contribution in [0.2, 0.25) is 0 Å². The summed E-state index contributed by atoms with van der Waals surface area (Å²) in [5.41, 5.74) is 7.79. The summed E-state index contributed by atoms with van der Waals surface area (Å²) in [6.07, 6.45) is 3.29. The zero-order valence-corrected chi connectivity index (χ0v) is 11.7. The molecule has 1 aliphatic heterocycles. The van der Waals surface area contributed by atoms with E-state index in [1.807, 2.05) is 30.0 Å². The van der Waals surface area contributed by atoms with Crippen LogP contribution in [0, 0.1) is 0 Å². The molecule has 0 aromatic heterocycles. The Hall–Kier alpha value is -1.55. The van der Waals surface area contributed by atoms with Gasteiger partial charge < -0.3 is 15.4 Å². The number of nitrogens with two attached hydrogens (primary N) is 1. The Morgan fingerprint density at radius 1 is 1.42 bits per heavy atom. The molecular weight excluding hydrogens is 240 g/mol. The predicted octanol–water partition coefficient (Wildman–Crippen LogP) is 2.62. The van der Waals surface area contributed by atoms with Crippen molar-refractivity contribution in [2.24, 2.45) is 5.73 Å². The highest BCUT2D eigenvalue weighted by atomic mass is 16.5.